The zero-order chi connectivity index (χ0) is 20.4. The highest BCUT2D eigenvalue weighted by Gasteiger charge is 2.23. The van der Waals surface area contributed by atoms with Crippen LogP contribution in [0, 0.1) is 11.6 Å². The van der Waals surface area contributed by atoms with Crippen LogP contribution >= 0.6 is 11.3 Å². The minimum atomic E-state index is -1.19. The monoisotopic (exact) mass is 407 g/mol. The van der Waals surface area contributed by atoms with Crippen molar-refractivity contribution >= 4 is 33.3 Å². The van der Waals surface area contributed by atoms with Crippen LogP contribution in [0.25, 0.3) is 10.1 Å². The molecule has 0 spiro atoms. The van der Waals surface area contributed by atoms with Gasteiger partial charge in [-0.15, -0.1) is 11.3 Å². The van der Waals surface area contributed by atoms with E-state index >= 15 is 0 Å². The second-order valence-electron chi connectivity index (χ2n) is 5.70. The number of hydrogen-bond donors (Lipinski definition) is 2. The Kier molecular flexibility index (Phi) is 5.46. The summed E-state index contributed by atoms with van der Waals surface area (Å²) in [6.45, 7) is 1.73. The molecule has 3 rings (SSSR count). The summed E-state index contributed by atoms with van der Waals surface area (Å²) in [5, 5.41) is 10.0. The molecular weight excluding hydrogens is 392 g/mol. The van der Waals surface area contributed by atoms with Gasteiger partial charge in [-0.2, -0.15) is 0 Å². The highest BCUT2D eigenvalue weighted by atomic mass is 32.1. The van der Waals surface area contributed by atoms with Gasteiger partial charge in [0.2, 0.25) is 5.91 Å². The van der Waals surface area contributed by atoms with Crippen molar-refractivity contribution in [2.75, 3.05) is 6.61 Å². The number of benzene rings is 2. The zero-order valence-corrected chi connectivity index (χ0v) is 15.4. The first-order valence-electron chi connectivity index (χ1n) is 8.15. The third-order valence-electron chi connectivity index (χ3n) is 3.91. The summed E-state index contributed by atoms with van der Waals surface area (Å²) < 4.78 is 39.8. The van der Waals surface area contributed by atoms with E-state index in [2.05, 4.69) is 0 Å². The van der Waals surface area contributed by atoms with Crippen molar-refractivity contribution in [3.8, 4) is 11.5 Å². The SMILES string of the molecule is CCOc1cccc2sc(C(=O)O)c(COc3c(F)cc(C(N)=O)cc3F)c12. The number of aromatic carboxylic acids is 1. The minimum absolute atomic E-state index is 0.0169. The van der Waals surface area contributed by atoms with Crippen LogP contribution in [0.5, 0.6) is 11.5 Å². The maximum Gasteiger partial charge on any atom is 0.346 e. The van der Waals surface area contributed by atoms with Gasteiger partial charge >= 0.3 is 5.97 Å². The molecule has 1 amide bonds. The van der Waals surface area contributed by atoms with E-state index in [9.17, 15) is 23.5 Å². The summed E-state index contributed by atoms with van der Waals surface area (Å²) in [4.78, 5) is 22.7. The molecule has 146 valence electrons. The van der Waals surface area contributed by atoms with Crippen LogP contribution in [0.3, 0.4) is 0 Å². The lowest BCUT2D eigenvalue weighted by Gasteiger charge is -2.11. The van der Waals surface area contributed by atoms with Crippen LogP contribution in [-0.2, 0) is 6.61 Å². The minimum Gasteiger partial charge on any atom is -0.493 e. The molecular formula is C19H15F2NO5S. The van der Waals surface area contributed by atoms with Gasteiger partial charge in [0.05, 0.1) is 6.61 Å². The van der Waals surface area contributed by atoms with E-state index in [1.54, 1.807) is 25.1 Å². The van der Waals surface area contributed by atoms with E-state index in [1.165, 1.54) is 0 Å². The molecule has 28 heavy (non-hydrogen) atoms. The number of nitrogens with two attached hydrogens (primary N) is 1. The van der Waals surface area contributed by atoms with Gasteiger partial charge in [-0.1, -0.05) is 6.07 Å². The third-order valence-corrected chi connectivity index (χ3v) is 5.10. The molecule has 0 unspecified atom stereocenters. The average molecular weight is 407 g/mol. The lowest BCUT2D eigenvalue weighted by Crippen LogP contribution is -2.12. The molecule has 0 atom stereocenters. The number of amides is 1. The van der Waals surface area contributed by atoms with Gasteiger partial charge in [0, 0.05) is 21.2 Å². The summed E-state index contributed by atoms with van der Waals surface area (Å²) >= 11 is 1.01. The number of fused-ring (bicyclic) bond motifs is 1. The van der Waals surface area contributed by atoms with Crippen LogP contribution < -0.4 is 15.2 Å². The van der Waals surface area contributed by atoms with Crippen molar-refractivity contribution in [3.05, 3.63) is 58.0 Å². The highest BCUT2D eigenvalue weighted by Crippen LogP contribution is 2.38. The van der Waals surface area contributed by atoms with E-state index in [1.807, 2.05) is 0 Å². The second kappa shape index (κ2) is 7.81. The smallest absolute Gasteiger partial charge is 0.346 e. The number of carboxylic acid groups (broad SMARTS) is 1. The fraction of sp³-hybridized carbons (Fsp3) is 0.158. The van der Waals surface area contributed by atoms with Crippen LogP contribution in [0.1, 0.15) is 32.5 Å². The zero-order valence-electron chi connectivity index (χ0n) is 14.6. The molecule has 0 radical (unpaired) electrons. The van der Waals surface area contributed by atoms with Crippen molar-refractivity contribution in [3.63, 3.8) is 0 Å². The summed E-state index contributed by atoms with van der Waals surface area (Å²) in [6, 6.07) is 6.65. The topological polar surface area (TPSA) is 98.8 Å². The lowest BCUT2D eigenvalue weighted by atomic mass is 10.1. The van der Waals surface area contributed by atoms with Gasteiger partial charge in [0.15, 0.2) is 17.4 Å². The number of carbonyl (C=O) groups excluding carboxylic acids is 1. The van der Waals surface area contributed by atoms with Crippen molar-refractivity contribution < 1.29 is 33.0 Å². The first kappa shape index (κ1) is 19.6. The molecule has 0 bridgehead atoms. The largest absolute Gasteiger partial charge is 0.493 e. The molecule has 0 fully saturated rings. The Morgan fingerprint density at radius 3 is 2.43 bits per heavy atom. The Morgan fingerprint density at radius 1 is 1.18 bits per heavy atom. The molecule has 1 heterocycles. The summed E-state index contributed by atoms with van der Waals surface area (Å²) in [6.07, 6.45) is 0. The highest BCUT2D eigenvalue weighted by molar-refractivity contribution is 7.21. The quantitative estimate of drug-likeness (QED) is 0.618. The molecule has 0 saturated carbocycles. The Hall–Kier alpha value is -3.20. The summed E-state index contributed by atoms with van der Waals surface area (Å²) in [7, 11) is 0. The molecule has 0 saturated heterocycles. The van der Waals surface area contributed by atoms with Crippen molar-refractivity contribution in [1.29, 1.82) is 0 Å². The van der Waals surface area contributed by atoms with Gasteiger partial charge in [-0.05, 0) is 31.2 Å². The third kappa shape index (κ3) is 3.61. The first-order valence-corrected chi connectivity index (χ1v) is 8.97. The lowest BCUT2D eigenvalue weighted by molar-refractivity contribution is 0.0699. The predicted molar refractivity (Wildman–Crippen MR) is 99.2 cm³/mol. The van der Waals surface area contributed by atoms with E-state index in [0.29, 0.717) is 22.4 Å². The Morgan fingerprint density at radius 2 is 1.86 bits per heavy atom. The van der Waals surface area contributed by atoms with Crippen LogP contribution in [0.2, 0.25) is 0 Å². The first-order chi connectivity index (χ1) is 13.3. The van der Waals surface area contributed by atoms with Gasteiger partial charge < -0.3 is 20.3 Å². The fourth-order valence-electron chi connectivity index (χ4n) is 2.75. The molecule has 9 heteroatoms. The number of carbonyl (C=O) groups is 2. The van der Waals surface area contributed by atoms with E-state index in [0.717, 1.165) is 23.5 Å². The van der Waals surface area contributed by atoms with E-state index in [4.69, 9.17) is 15.2 Å². The van der Waals surface area contributed by atoms with E-state index in [-0.39, 0.29) is 16.0 Å². The number of primary amides is 1. The Bertz CT molecular complexity index is 1060. The number of thiophene rings is 1. The number of rotatable bonds is 7. The Labute approximate surface area is 162 Å². The average Bonchev–Trinajstić information content (AvgIpc) is 3.01. The van der Waals surface area contributed by atoms with Crippen LogP contribution in [0.15, 0.2) is 30.3 Å². The number of carboxylic acids is 1. The van der Waals surface area contributed by atoms with Crippen molar-refractivity contribution in [2.45, 2.75) is 13.5 Å². The standard InChI is InChI=1S/C19H15F2NO5S/c1-2-26-13-4-3-5-14-15(13)10(17(28-14)19(24)25)8-27-16-11(20)6-9(18(22)23)7-12(16)21/h3-7H,2,8H2,1H3,(H2,22,23)(H,24,25). The normalized spacial score (nSPS) is 10.8. The predicted octanol–water partition coefficient (Wildman–Crippen LogP) is 3.95. The number of halogens is 2. The summed E-state index contributed by atoms with van der Waals surface area (Å²) in [5.74, 6) is -4.68. The summed E-state index contributed by atoms with van der Waals surface area (Å²) in [5.41, 5.74) is 4.93. The van der Waals surface area contributed by atoms with Gasteiger partial charge in [0.25, 0.3) is 0 Å². The molecule has 2 aromatic carbocycles. The van der Waals surface area contributed by atoms with Crippen LogP contribution in [0.4, 0.5) is 8.78 Å². The van der Waals surface area contributed by atoms with Crippen molar-refractivity contribution in [1.82, 2.24) is 0 Å². The van der Waals surface area contributed by atoms with Crippen LogP contribution in [-0.4, -0.2) is 23.6 Å². The second-order valence-corrected chi connectivity index (χ2v) is 6.75. The number of ether oxygens (including phenoxy) is 2. The molecule has 3 N–H and O–H groups in total. The molecule has 0 aliphatic carbocycles. The maximum atomic E-state index is 14.2. The maximum absolute atomic E-state index is 14.2. The fourth-order valence-corrected chi connectivity index (χ4v) is 3.81. The van der Waals surface area contributed by atoms with Crippen molar-refractivity contribution in [2.24, 2.45) is 5.73 Å². The molecule has 1 aromatic heterocycles. The van der Waals surface area contributed by atoms with Gasteiger partial charge in [-0.25, -0.2) is 13.6 Å². The molecule has 6 nitrogen and oxygen atoms in total. The molecule has 0 aliphatic heterocycles. The molecule has 3 aromatic rings. The number of hydrogen-bond acceptors (Lipinski definition) is 5. The van der Waals surface area contributed by atoms with Gasteiger partial charge in [0.1, 0.15) is 17.2 Å². The molecule has 0 aliphatic rings. The van der Waals surface area contributed by atoms with Gasteiger partial charge in [-0.3, -0.25) is 4.79 Å². The van der Waals surface area contributed by atoms with E-state index < -0.39 is 35.9 Å². The Balaban J connectivity index is 2.04.